The van der Waals surface area contributed by atoms with Gasteiger partial charge >= 0.3 is 6.01 Å². The van der Waals surface area contributed by atoms with Gasteiger partial charge in [-0.15, -0.1) is 6.42 Å². The zero-order valence-corrected chi connectivity index (χ0v) is 25.3. The number of hydrogen-bond acceptors (Lipinski definition) is 8. The highest BCUT2D eigenvalue weighted by molar-refractivity contribution is 7.89. The summed E-state index contributed by atoms with van der Waals surface area (Å²) in [4.78, 5) is 18.5. The van der Waals surface area contributed by atoms with E-state index >= 15 is 4.39 Å². The summed E-state index contributed by atoms with van der Waals surface area (Å²) < 4.78 is 46.9. The van der Waals surface area contributed by atoms with E-state index in [-0.39, 0.29) is 34.4 Å². The Balaban J connectivity index is 1.34. The number of sulfonamides is 1. The van der Waals surface area contributed by atoms with Gasteiger partial charge in [0.05, 0.1) is 16.7 Å². The summed E-state index contributed by atoms with van der Waals surface area (Å²) in [5.41, 5.74) is 1.43. The van der Waals surface area contributed by atoms with Crippen LogP contribution in [0.4, 0.5) is 10.2 Å². The Kier molecular flexibility index (Phi) is 7.39. The lowest BCUT2D eigenvalue weighted by Crippen LogP contribution is -2.43. The second kappa shape index (κ2) is 11.3. The topological polar surface area (TPSA) is 115 Å². The van der Waals surface area contributed by atoms with E-state index < -0.39 is 15.8 Å². The normalized spacial score (nSPS) is 20.2. The van der Waals surface area contributed by atoms with Crippen molar-refractivity contribution in [3.05, 3.63) is 54.0 Å². The van der Waals surface area contributed by atoms with E-state index in [1.54, 1.807) is 6.20 Å². The van der Waals surface area contributed by atoms with E-state index in [0.29, 0.717) is 42.0 Å². The molecule has 3 fully saturated rings. The van der Waals surface area contributed by atoms with Crippen LogP contribution in [-0.4, -0.2) is 72.3 Å². The van der Waals surface area contributed by atoms with Crippen molar-refractivity contribution in [2.75, 3.05) is 43.4 Å². The highest BCUT2D eigenvalue weighted by Crippen LogP contribution is 2.40. The molecule has 5 heterocycles. The number of piperidine rings is 1. The van der Waals surface area contributed by atoms with Gasteiger partial charge in [0, 0.05) is 35.8 Å². The molecule has 0 spiro atoms. The summed E-state index contributed by atoms with van der Waals surface area (Å²) >= 11 is 0. The molecule has 1 unspecified atom stereocenters. The van der Waals surface area contributed by atoms with Crippen LogP contribution in [-0.2, 0) is 10.0 Å². The minimum atomic E-state index is -3.65. The first-order valence-corrected chi connectivity index (χ1v) is 16.9. The number of pyridine rings is 1. The molecule has 2 aromatic heterocycles. The van der Waals surface area contributed by atoms with Crippen molar-refractivity contribution in [2.45, 2.75) is 44.1 Å². The standard InChI is InChI=1S/C33H35FN6O3S/c1-2-23-9-3-10-24-11-4-12-25(27(23)24)29-28(34)30-26(18-36-29)31(39-15-5-8-22(19-39)20-44(35,41)42)38-32(37-30)43-21-33-13-6-16-40(33)17-7-14-33/h1,3-4,9-12,18,22H,5-8,13-17,19-21H2,(H2,35,41,42). The van der Waals surface area contributed by atoms with Crippen molar-refractivity contribution in [1.82, 2.24) is 19.9 Å². The predicted molar refractivity (Wildman–Crippen MR) is 169 cm³/mol. The van der Waals surface area contributed by atoms with Gasteiger partial charge < -0.3 is 9.64 Å². The average molecular weight is 615 g/mol. The largest absolute Gasteiger partial charge is 0.461 e. The molecule has 44 heavy (non-hydrogen) atoms. The maximum atomic E-state index is 16.7. The number of nitrogens with two attached hydrogens (primary N) is 1. The van der Waals surface area contributed by atoms with Gasteiger partial charge in [-0.05, 0) is 69.0 Å². The first kappa shape index (κ1) is 28.9. The summed E-state index contributed by atoms with van der Waals surface area (Å²) in [5, 5.41) is 7.46. The number of aromatic nitrogens is 3. The number of anilines is 1. The Morgan fingerprint density at radius 1 is 1.09 bits per heavy atom. The molecule has 4 aromatic rings. The van der Waals surface area contributed by atoms with Crippen LogP contribution in [0.5, 0.6) is 6.01 Å². The maximum absolute atomic E-state index is 16.7. The van der Waals surface area contributed by atoms with E-state index in [4.69, 9.17) is 21.3 Å². The molecular formula is C33H35FN6O3S. The molecule has 2 aromatic carbocycles. The zero-order chi connectivity index (χ0) is 30.5. The lowest BCUT2D eigenvalue weighted by molar-refractivity contribution is 0.108. The van der Waals surface area contributed by atoms with Crippen LogP contribution in [0, 0.1) is 24.1 Å². The molecule has 0 bridgehead atoms. The second-order valence-electron chi connectivity index (χ2n) is 12.4. The van der Waals surface area contributed by atoms with Gasteiger partial charge in [0.25, 0.3) is 0 Å². The number of nitrogens with zero attached hydrogens (tertiary/aromatic N) is 5. The third kappa shape index (κ3) is 5.25. The van der Waals surface area contributed by atoms with Gasteiger partial charge in [-0.3, -0.25) is 9.88 Å². The van der Waals surface area contributed by atoms with Crippen LogP contribution in [0.15, 0.2) is 42.6 Å². The smallest absolute Gasteiger partial charge is 0.319 e. The number of halogens is 1. The summed E-state index contributed by atoms with van der Waals surface area (Å²) in [6.45, 7) is 3.59. The number of benzene rings is 2. The van der Waals surface area contributed by atoms with E-state index in [9.17, 15) is 8.42 Å². The molecule has 9 nitrogen and oxygen atoms in total. The summed E-state index contributed by atoms with van der Waals surface area (Å²) in [6.07, 6.45) is 13.3. The Morgan fingerprint density at radius 2 is 1.86 bits per heavy atom. The first-order chi connectivity index (χ1) is 21.2. The fourth-order valence-electron chi connectivity index (χ4n) is 7.56. The third-order valence-corrected chi connectivity index (χ3v) is 10.5. The molecule has 228 valence electrons. The minimum Gasteiger partial charge on any atom is -0.461 e. The lowest BCUT2D eigenvalue weighted by atomic mass is 9.95. The number of hydrogen-bond donors (Lipinski definition) is 1. The molecule has 3 aliphatic rings. The molecule has 0 amide bonds. The van der Waals surface area contributed by atoms with Gasteiger partial charge in [-0.2, -0.15) is 9.97 Å². The quantitative estimate of drug-likeness (QED) is 0.303. The maximum Gasteiger partial charge on any atom is 0.319 e. The predicted octanol–water partition coefficient (Wildman–Crippen LogP) is 4.48. The van der Waals surface area contributed by atoms with Gasteiger partial charge in [0.15, 0.2) is 5.82 Å². The molecule has 3 saturated heterocycles. The number of rotatable bonds is 7. The molecule has 7 rings (SSSR count). The van der Waals surface area contributed by atoms with Crippen molar-refractivity contribution in [1.29, 1.82) is 0 Å². The van der Waals surface area contributed by atoms with E-state index in [0.717, 1.165) is 62.4 Å². The Labute approximate surface area is 256 Å². The van der Waals surface area contributed by atoms with Gasteiger partial charge in [-0.1, -0.05) is 36.3 Å². The van der Waals surface area contributed by atoms with E-state index in [1.165, 1.54) is 0 Å². The van der Waals surface area contributed by atoms with E-state index in [2.05, 4.69) is 20.8 Å². The van der Waals surface area contributed by atoms with Gasteiger partial charge in [0.1, 0.15) is 23.6 Å². The van der Waals surface area contributed by atoms with Crippen molar-refractivity contribution in [2.24, 2.45) is 11.1 Å². The zero-order valence-electron chi connectivity index (χ0n) is 24.5. The lowest BCUT2D eigenvalue weighted by Gasteiger charge is -2.34. The molecule has 2 N–H and O–H groups in total. The molecule has 1 atom stereocenters. The third-order valence-electron chi connectivity index (χ3n) is 9.53. The SMILES string of the molecule is C#Cc1cccc2cccc(-c3ncc4c(N5CCCC(CS(N)(=O)=O)C5)nc(OCC56CCCN5CCC6)nc4c3F)c12. The number of ether oxygens (including phenoxy) is 1. The van der Waals surface area contributed by atoms with Crippen molar-refractivity contribution in [3.8, 4) is 29.6 Å². The molecule has 3 aliphatic heterocycles. The van der Waals surface area contributed by atoms with Gasteiger partial charge in [0.2, 0.25) is 10.0 Å². The number of terminal acetylenes is 1. The van der Waals surface area contributed by atoms with E-state index in [1.807, 2.05) is 41.3 Å². The van der Waals surface area contributed by atoms with Gasteiger partial charge in [-0.25, -0.2) is 17.9 Å². The van der Waals surface area contributed by atoms with Crippen LogP contribution >= 0.6 is 0 Å². The highest BCUT2D eigenvalue weighted by Gasteiger charge is 2.45. The van der Waals surface area contributed by atoms with Crippen molar-refractivity contribution >= 4 is 37.5 Å². The van der Waals surface area contributed by atoms with Crippen LogP contribution in [0.2, 0.25) is 0 Å². The Morgan fingerprint density at radius 3 is 2.61 bits per heavy atom. The average Bonchev–Trinajstić information content (AvgIpc) is 3.59. The fraction of sp³-hybridized carbons (Fsp3) is 0.424. The Hall–Kier alpha value is -3.85. The van der Waals surface area contributed by atoms with Crippen molar-refractivity contribution in [3.63, 3.8) is 0 Å². The minimum absolute atomic E-state index is 0.0410. The van der Waals surface area contributed by atoms with Crippen LogP contribution in [0.1, 0.15) is 44.1 Å². The van der Waals surface area contributed by atoms with Crippen LogP contribution in [0.3, 0.4) is 0 Å². The molecule has 11 heteroatoms. The molecular weight excluding hydrogens is 579 g/mol. The summed E-state index contributed by atoms with van der Waals surface area (Å²) in [6, 6.07) is 11.4. The Bertz CT molecular complexity index is 1890. The number of primary sulfonamides is 1. The first-order valence-electron chi connectivity index (χ1n) is 15.2. The summed E-state index contributed by atoms with van der Waals surface area (Å²) in [7, 11) is -3.65. The number of fused-ring (bicyclic) bond motifs is 3. The van der Waals surface area contributed by atoms with Crippen LogP contribution in [0.25, 0.3) is 32.9 Å². The summed E-state index contributed by atoms with van der Waals surface area (Å²) in [5.74, 6) is 2.32. The highest BCUT2D eigenvalue weighted by atomic mass is 32.2. The monoisotopic (exact) mass is 614 g/mol. The second-order valence-corrected chi connectivity index (χ2v) is 14.0. The molecule has 0 saturated carbocycles. The molecule has 0 radical (unpaired) electrons. The molecule has 0 aliphatic carbocycles. The van der Waals surface area contributed by atoms with Crippen LogP contribution < -0.4 is 14.8 Å². The van der Waals surface area contributed by atoms with Crippen molar-refractivity contribution < 1.29 is 17.5 Å². The fourth-order valence-corrected chi connectivity index (χ4v) is 8.48.